The summed E-state index contributed by atoms with van der Waals surface area (Å²) in [7, 11) is 0. The number of fused-ring (bicyclic) bond motifs is 1. The van der Waals surface area contributed by atoms with Gasteiger partial charge in [-0.2, -0.15) is 11.8 Å². The van der Waals surface area contributed by atoms with Crippen LogP contribution in [0.1, 0.15) is 23.1 Å². The minimum atomic E-state index is 0.0139. The van der Waals surface area contributed by atoms with Gasteiger partial charge in [0.1, 0.15) is 5.01 Å². The third kappa shape index (κ3) is 6.24. The lowest BCUT2D eigenvalue weighted by molar-refractivity contribution is -0.120. The quantitative estimate of drug-likeness (QED) is 0.625. The van der Waals surface area contributed by atoms with E-state index < -0.39 is 0 Å². The number of nitrogens with one attached hydrogen (secondary N) is 1. The van der Waals surface area contributed by atoms with E-state index in [-0.39, 0.29) is 11.2 Å². The van der Waals surface area contributed by atoms with Gasteiger partial charge in [0.15, 0.2) is 0 Å². The third-order valence-electron chi connectivity index (χ3n) is 3.67. The molecule has 2 heterocycles. The zero-order valence-corrected chi connectivity index (χ0v) is 17.7. The molecule has 1 N–H and O–H groups in total. The van der Waals surface area contributed by atoms with Crippen molar-refractivity contribution in [3.8, 4) is 12.3 Å². The normalized spacial score (nSPS) is 11.2. The average molecular weight is 418 g/mol. The molecular weight excluding hydrogens is 398 g/mol. The zero-order chi connectivity index (χ0) is 19.8. The molecule has 0 radical (unpaired) electrons. The Morgan fingerprint density at radius 2 is 2.19 bits per heavy atom. The number of aromatic nitrogens is 2. The van der Waals surface area contributed by atoms with E-state index in [1.807, 2.05) is 43.7 Å². The molecule has 0 aliphatic carbocycles. The summed E-state index contributed by atoms with van der Waals surface area (Å²) in [4.78, 5) is 19.6. The van der Waals surface area contributed by atoms with E-state index in [1.54, 1.807) is 35.5 Å². The summed E-state index contributed by atoms with van der Waals surface area (Å²) in [6.45, 7) is 4.43. The first-order valence-electron chi connectivity index (χ1n) is 8.16. The molecule has 2 aromatic heterocycles. The van der Waals surface area contributed by atoms with Crippen LogP contribution in [0.25, 0.3) is 10.9 Å². The molecule has 1 amide bonds. The fourth-order valence-corrected chi connectivity index (χ4v) is 3.36. The summed E-state index contributed by atoms with van der Waals surface area (Å²) in [5, 5.41) is 7.35. The monoisotopic (exact) mass is 417 g/mol. The molecule has 0 saturated heterocycles. The molecule has 3 aromatic rings. The number of nitrogens with zero attached hydrogens (tertiary/aromatic N) is 2. The Kier molecular flexibility index (Phi) is 8.11. The standard InChI is InChI=1S/C12H8ClN.C8H12N2OS2/c1-3-9-6-10-4-8(2)5-11(13)12(10)14-7-9;1-6(12-2)8(11)10-5-7-9-3-4-13-7/h1,4-7H,2H3;3-4,6H,5H2,1-2H3,(H,10,11). The van der Waals surface area contributed by atoms with Crippen LogP contribution in [0.2, 0.25) is 5.02 Å². The largest absolute Gasteiger partial charge is 0.349 e. The SMILES string of the molecule is C#Cc1cnc2c(Cl)cc(C)cc2c1.CSC(C)C(=O)NCc1nccs1. The fraction of sp³-hybridized carbons (Fsp3) is 0.250. The molecule has 0 bridgehead atoms. The lowest BCUT2D eigenvalue weighted by atomic mass is 10.1. The number of hydrogen-bond acceptors (Lipinski definition) is 5. The first-order chi connectivity index (χ1) is 12.9. The zero-order valence-electron chi connectivity index (χ0n) is 15.3. The van der Waals surface area contributed by atoms with E-state index >= 15 is 0 Å². The van der Waals surface area contributed by atoms with Crippen molar-refractivity contribution in [3.63, 3.8) is 0 Å². The van der Waals surface area contributed by atoms with Crippen LogP contribution in [-0.4, -0.2) is 27.4 Å². The van der Waals surface area contributed by atoms with Gasteiger partial charge in [0.2, 0.25) is 5.91 Å². The second kappa shape index (κ2) is 10.3. The van der Waals surface area contributed by atoms with Gasteiger partial charge < -0.3 is 5.32 Å². The molecule has 1 aromatic carbocycles. The molecule has 4 nitrogen and oxygen atoms in total. The molecule has 27 heavy (non-hydrogen) atoms. The van der Waals surface area contributed by atoms with Crippen LogP contribution in [0.15, 0.2) is 36.0 Å². The molecule has 0 spiro atoms. The number of amides is 1. The molecule has 1 unspecified atom stereocenters. The van der Waals surface area contributed by atoms with Gasteiger partial charge in [-0.15, -0.1) is 17.8 Å². The lowest BCUT2D eigenvalue weighted by Crippen LogP contribution is -2.30. The van der Waals surface area contributed by atoms with Gasteiger partial charge in [-0.05, 0) is 43.9 Å². The molecule has 140 valence electrons. The van der Waals surface area contributed by atoms with Crippen molar-refractivity contribution in [2.45, 2.75) is 25.6 Å². The van der Waals surface area contributed by atoms with E-state index in [4.69, 9.17) is 18.0 Å². The number of pyridine rings is 1. The smallest absolute Gasteiger partial charge is 0.233 e. The van der Waals surface area contributed by atoms with Crippen molar-refractivity contribution in [2.75, 3.05) is 6.26 Å². The Morgan fingerprint density at radius 1 is 1.41 bits per heavy atom. The van der Waals surface area contributed by atoms with Gasteiger partial charge in [0.25, 0.3) is 0 Å². The van der Waals surface area contributed by atoms with Gasteiger partial charge in [-0.1, -0.05) is 17.5 Å². The Labute approximate surface area is 172 Å². The van der Waals surface area contributed by atoms with Crippen molar-refractivity contribution < 1.29 is 4.79 Å². The first kappa shape index (κ1) is 21.2. The molecule has 1 atom stereocenters. The minimum Gasteiger partial charge on any atom is -0.349 e. The number of carbonyl (C=O) groups excluding carboxylic acids is 1. The number of carbonyl (C=O) groups is 1. The highest BCUT2D eigenvalue weighted by molar-refractivity contribution is 7.99. The molecule has 0 saturated carbocycles. The van der Waals surface area contributed by atoms with Crippen molar-refractivity contribution in [1.29, 1.82) is 0 Å². The summed E-state index contributed by atoms with van der Waals surface area (Å²) in [5.41, 5.74) is 2.69. The van der Waals surface area contributed by atoms with Crippen LogP contribution in [0.4, 0.5) is 0 Å². The third-order valence-corrected chi connectivity index (χ3v) is 5.66. The molecule has 0 fully saturated rings. The number of rotatable bonds is 4. The molecule has 7 heteroatoms. The summed E-state index contributed by atoms with van der Waals surface area (Å²) in [5.74, 6) is 2.62. The highest BCUT2D eigenvalue weighted by Gasteiger charge is 2.10. The predicted molar refractivity (Wildman–Crippen MR) is 116 cm³/mol. The highest BCUT2D eigenvalue weighted by Crippen LogP contribution is 2.23. The average Bonchev–Trinajstić information content (AvgIpc) is 3.18. The summed E-state index contributed by atoms with van der Waals surface area (Å²) in [6, 6.07) is 5.84. The molecular formula is C20H20ClN3OS2. The van der Waals surface area contributed by atoms with Crippen LogP contribution in [0, 0.1) is 19.3 Å². The van der Waals surface area contributed by atoms with Crippen LogP contribution in [0.3, 0.4) is 0 Å². The lowest BCUT2D eigenvalue weighted by Gasteiger charge is -2.07. The number of terminal acetylenes is 1. The van der Waals surface area contributed by atoms with Gasteiger partial charge >= 0.3 is 0 Å². The number of halogens is 1. The maximum atomic E-state index is 11.3. The van der Waals surface area contributed by atoms with Crippen LogP contribution in [0.5, 0.6) is 0 Å². The van der Waals surface area contributed by atoms with E-state index in [9.17, 15) is 4.79 Å². The van der Waals surface area contributed by atoms with Crippen molar-refractivity contribution in [2.24, 2.45) is 0 Å². The summed E-state index contributed by atoms with van der Waals surface area (Å²) in [6.07, 6.45) is 10.6. The van der Waals surface area contributed by atoms with Gasteiger partial charge in [-0.3, -0.25) is 9.78 Å². The second-order valence-corrected chi connectivity index (χ2v) is 8.27. The number of benzene rings is 1. The van der Waals surface area contributed by atoms with Crippen molar-refractivity contribution in [3.05, 3.63) is 57.1 Å². The van der Waals surface area contributed by atoms with Crippen LogP contribution < -0.4 is 5.32 Å². The predicted octanol–water partition coefficient (Wildman–Crippen LogP) is 4.69. The Hall–Kier alpha value is -2.07. The summed E-state index contributed by atoms with van der Waals surface area (Å²) < 4.78 is 0. The Morgan fingerprint density at radius 3 is 2.81 bits per heavy atom. The number of thiazole rings is 1. The second-order valence-electron chi connectivity index (χ2n) is 5.71. The Balaban J connectivity index is 0.000000194. The fourth-order valence-electron chi connectivity index (χ4n) is 2.18. The first-order valence-corrected chi connectivity index (χ1v) is 10.7. The molecule has 0 aliphatic rings. The molecule has 3 rings (SSSR count). The van der Waals surface area contributed by atoms with Gasteiger partial charge in [-0.25, -0.2) is 4.98 Å². The van der Waals surface area contributed by atoms with E-state index in [0.29, 0.717) is 11.6 Å². The highest BCUT2D eigenvalue weighted by atomic mass is 35.5. The van der Waals surface area contributed by atoms with E-state index in [1.165, 1.54) is 0 Å². The number of thioether (sulfide) groups is 1. The van der Waals surface area contributed by atoms with Crippen LogP contribution in [-0.2, 0) is 11.3 Å². The van der Waals surface area contributed by atoms with Crippen molar-refractivity contribution in [1.82, 2.24) is 15.3 Å². The topological polar surface area (TPSA) is 54.9 Å². The van der Waals surface area contributed by atoms with Gasteiger partial charge in [0, 0.05) is 28.7 Å². The van der Waals surface area contributed by atoms with Gasteiger partial charge in [0.05, 0.1) is 22.3 Å². The van der Waals surface area contributed by atoms with E-state index in [0.717, 1.165) is 27.0 Å². The summed E-state index contributed by atoms with van der Waals surface area (Å²) >= 11 is 9.14. The van der Waals surface area contributed by atoms with Crippen molar-refractivity contribution >= 4 is 51.5 Å². The maximum Gasteiger partial charge on any atom is 0.233 e. The van der Waals surface area contributed by atoms with E-state index in [2.05, 4.69) is 21.2 Å². The molecule has 0 aliphatic heterocycles. The minimum absolute atomic E-state index is 0.0139. The maximum absolute atomic E-state index is 11.3. The Bertz CT molecular complexity index is 952. The number of aryl methyl sites for hydroxylation is 1. The van der Waals surface area contributed by atoms with Crippen LogP contribution >= 0.6 is 34.7 Å². The number of hydrogen-bond donors (Lipinski definition) is 1.